The van der Waals surface area contributed by atoms with Gasteiger partial charge in [-0.3, -0.25) is 10.1 Å². The Morgan fingerprint density at radius 3 is 2.62 bits per heavy atom. The summed E-state index contributed by atoms with van der Waals surface area (Å²) in [6, 6.07) is 13.0. The summed E-state index contributed by atoms with van der Waals surface area (Å²) in [5.41, 5.74) is 2.46. The minimum absolute atomic E-state index is 0.0747. The van der Waals surface area contributed by atoms with Gasteiger partial charge in [0, 0.05) is 30.0 Å². The van der Waals surface area contributed by atoms with Gasteiger partial charge >= 0.3 is 0 Å². The van der Waals surface area contributed by atoms with E-state index in [1.54, 1.807) is 6.07 Å². The molecular formula is C15H14BrClN2O2. The van der Waals surface area contributed by atoms with Gasteiger partial charge in [0.1, 0.15) is 5.69 Å². The van der Waals surface area contributed by atoms with Crippen LogP contribution in [0.2, 0.25) is 0 Å². The second kappa shape index (κ2) is 6.91. The van der Waals surface area contributed by atoms with E-state index in [4.69, 9.17) is 11.6 Å². The van der Waals surface area contributed by atoms with Crippen molar-refractivity contribution in [3.63, 3.8) is 0 Å². The van der Waals surface area contributed by atoms with Crippen molar-refractivity contribution in [2.75, 3.05) is 11.9 Å². The number of anilines is 1. The third-order valence-corrected chi connectivity index (χ3v) is 3.91. The maximum Gasteiger partial charge on any atom is 0.292 e. The van der Waals surface area contributed by atoms with E-state index in [0.29, 0.717) is 12.2 Å². The third kappa shape index (κ3) is 3.95. The lowest BCUT2D eigenvalue weighted by Crippen LogP contribution is -2.17. The summed E-state index contributed by atoms with van der Waals surface area (Å²) in [5, 5.41) is 11.2. The molecule has 6 heteroatoms. The lowest BCUT2D eigenvalue weighted by molar-refractivity contribution is -0.384. The van der Waals surface area contributed by atoms with Gasteiger partial charge in [0.2, 0.25) is 0 Å². The molecule has 0 fully saturated rings. The Hall–Kier alpha value is -1.59. The molecule has 0 aliphatic heterocycles. The van der Waals surface area contributed by atoms with E-state index in [1.165, 1.54) is 6.07 Å². The topological polar surface area (TPSA) is 46.4 Å². The Morgan fingerprint density at radius 1 is 1.24 bits per heavy atom. The predicted octanol–water partition coefficient (Wildman–Crippen LogP) is 4.73. The van der Waals surface area contributed by atoms with Crippen LogP contribution in [0, 0.1) is 10.1 Å². The van der Waals surface area contributed by atoms with Gasteiger partial charge in [0.05, 0.1) is 4.92 Å². The van der Waals surface area contributed by atoms with Crippen LogP contribution >= 0.6 is 27.5 Å². The fraction of sp³-hybridized carbons (Fsp3) is 0.200. The molecule has 2 aromatic carbocycles. The zero-order valence-electron chi connectivity index (χ0n) is 11.4. The van der Waals surface area contributed by atoms with E-state index in [9.17, 15) is 10.1 Å². The van der Waals surface area contributed by atoms with Gasteiger partial charge in [-0.25, -0.2) is 0 Å². The van der Waals surface area contributed by atoms with E-state index >= 15 is 0 Å². The Balaban J connectivity index is 2.30. The van der Waals surface area contributed by atoms with Crippen LogP contribution in [-0.2, 0) is 12.4 Å². The molecule has 0 aliphatic rings. The average Bonchev–Trinajstić information content (AvgIpc) is 2.46. The monoisotopic (exact) mass is 368 g/mol. The highest BCUT2D eigenvalue weighted by molar-refractivity contribution is 9.10. The van der Waals surface area contributed by atoms with Crippen LogP contribution in [0.15, 0.2) is 46.9 Å². The van der Waals surface area contributed by atoms with Crippen molar-refractivity contribution < 1.29 is 4.92 Å². The zero-order valence-corrected chi connectivity index (χ0v) is 13.8. The number of nitro groups is 1. The highest BCUT2D eigenvalue weighted by Gasteiger charge is 2.18. The molecule has 0 N–H and O–H groups in total. The molecule has 0 saturated heterocycles. The maximum atomic E-state index is 11.2. The summed E-state index contributed by atoms with van der Waals surface area (Å²) in [6.07, 6.45) is 0. The van der Waals surface area contributed by atoms with Gasteiger partial charge in [-0.05, 0) is 29.3 Å². The van der Waals surface area contributed by atoms with Gasteiger partial charge in [0.15, 0.2) is 0 Å². The molecule has 2 rings (SSSR count). The predicted molar refractivity (Wildman–Crippen MR) is 88.9 cm³/mol. The largest absolute Gasteiger partial charge is 0.365 e. The Morgan fingerprint density at radius 2 is 2.00 bits per heavy atom. The standard InChI is InChI=1S/C15H14BrClN2O2/c1-18(10-12-3-2-4-13(16)7-12)14-6-5-11(9-17)8-15(14)19(20)21/h2-8H,9-10H2,1H3. The second-order valence-electron chi connectivity index (χ2n) is 4.70. The molecule has 110 valence electrons. The minimum Gasteiger partial charge on any atom is -0.365 e. The maximum absolute atomic E-state index is 11.2. The number of benzene rings is 2. The molecule has 0 amide bonds. The van der Waals surface area contributed by atoms with Crippen molar-refractivity contribution >= 4 is 38.9 Å². The van der Waals surface area contributed by atoms with Gasteiger partial charge in [-0.1, -0.05) is 34.1 Å². The fourth-order valence-electron chi connectivity index (χ4n) is 2.12. The van der Waals surface area contributed by atoms with Crippen molar-refractivity contribution in [1.29, 1.82) is 0 Å². The van der Waals surface area contributed by atoms with E-state index < -0.39 is 0 Å². The van der Waals surface area contributed by atoms with Crippen LogP contribution < -0.4 is 4.90 Å². The molecule has 21 heavy (non-hydrogen) atoms. The summed E-state index contributed by atoms with van der Waals surface area (Å²) in [5.74, 6) is 0.260. The SMILES string of the molecule is CN(Cc1cccc(Br)c1)c1ccc(CCl)cc1[N+](=O)[O-]. The van der Waals surface area contributed by atoms with Gasteiger partial charge in [-0.15, -0.1) is 11.6 Å². The van der Waals surface area contributed by atoms with Crippen LogP contribution in [0.1, 0.15) is 11.1 Å². The number of hydrogen-bond donors (Lipinski definition) is 0. The van der Waals surface area contributed by atoms with Gasteiger partial charge < -0.3 is 4.90 Å². The Labute approximate surface area is 136 Å². The summed E-state index contributed by atoms with van der Waals surface area (Å²) in [6.45, 7) is 0.584. The lowest BCUT2D eigenvalue weighted by atomic mass is 10.1. The number of halogens is 2. The molecule has 0 spiro atoms. The first kappa shape index (κ1) is 15.8. The van der Waals surface area contributed by atoms with E-state index in [2.05, 4.69) is 15.9 Å². The van der Waals surface area contributed by atoms with Crippen molar-refractivity contribution in [3.05, 3.63) is 68.2 Å². The number of alkyl halides is 1. The summed E-state index contributed by atoms with van der Waals surface area (Å²) >= 11 is 9.16. The average molecular weight is 370 g/mol. The number of rotatable bonds is 5. The number of nitrogens with zero attached hydrogens (tertiary/aromatic N) is 2. The van der Waals surface area contributed by atoms with Crippen LogP contribution in [0.5, 0.6) is 0 Å². The molecule has 0 atom stereocenters. The van der Waals surface area contributed by atoms with Crippen molar-refractivity contribution in [1.82, 2.24) is 0 Å². The third-order valence-electron chi connectivity index (χ3n) is 3.11. The second-order valence-corrected chi connectivity index (χ2v) is 5.88. The molecule has 0 unspecified atom stereocenters. The number of nitro benzene ring substituents is 1. The molecule has 0 aromatic heterocycles. The van der Waals surface area contributed by atoms with E-state index in [1.807, 2.05) is 42.3 Å². The Bertz CT molecular complexity index is 664. The van der Waals surface area contributed by atoms with E-state index in [-0.39, 0.29) is 16.5 Å². The van der Waals surface area contributed by atoms with Crippen LogP contribution in [0.4, 0.5) is 11.4 Å². The normalized spacial score (nSPS) is 10.4. The van der Waals surface area contributed by atoms with Crippen molar-refractivity contribution in [2.45, 2.75) is 12.4 Å². The summed E-state index contributed by atoms with van der Waals surface area (Å²) in [7, 11) is 1.84. The summed E-state index contributed by atoms with van der Waals surface area (Å²) < 4.78 is 0.986. The number of hydrogen-bond acceptors (Lipinski definition) is 3. The lowest BCUT2D eigenvalue weighted by Gasteiger charge is -2.19. The zero-order chi connectivity index (χ0) is 15.4. The molecule has 0 aliphatic carbocycles. The van der Waals surface area contributed by atoms with Gasteiger partial charge in [-0.2, -0.15) is 0 Å². The highest BCUT2D eigenvalue weighted by atomic mass is 79.9. The molecule has 4 nitrogen and oxygen atoms in total. The summed E-state index contributed by atoms with van der Waals surface area (Å²) in [4.78, 5) is 12.7. The van der Waals surface area contributed by atoms with Crippen molar-refractivity contribution in [2.24, 2.45) is 0 Å². The molecule has 2 aromatic rings. The quantitative estimate of drug-likeness (QED) is 0.435. The van der Waals surface area contributed by atoms with Crippen LogP contribution in [0.3, 0.4) is 0 Å². The highest BCUT2D eigenvalue weighted by Crippen LogP contribution is 2.30. The molecule has 0 bridgehead atoms. The minimum atomic E-state index is -0.372. The van der Waals surface area contributed by atoms with E-state index in [0.717, 1.165) is 15.6 Å². The fourth-order valence-corrected chi connectivity index (χ4v) is 2.73. The first-order valence-corrected chi connectivity index (χ1v) is 7.63. The molecule has 0 radical (unpaired) electrons. The smallest absolute Gasteiger partial charge is 0.292 e. The van der Waals surface area contributed by atoms with Crippen LogP contribution in [0.25, 0.3) is 0 Å². The van der Waals surface area contributed by atoms with Gasteiger partial charge in [0.25, 0.3) is 5.69 Å². The Kier molecular flexibility index (Phi) is 5.20. The molecular weight excluding hydrogens is 356 g/mol. The van der Waals surface area contributed by atoms with Crippen LogP contribution in [-0.4, -0.2) is 12.0 Å². The first-order valence-electron chi connectivity index (χ1n) is 6.30. The molecule has 0 saturated carbocycles. The van der Waals surface area contributed by atoms with Crippen molar-refractivity contribution in [3.8, 4) is 0 Å². The first-order chi connectivity index (χ1) is 10.0. The molecule has 0 heterocycles.